The number of benzene rings is 2. The Hall–Kier alpha value is -2.46. The van der Waals surface area contributed by atoms with Gasteiger partial charge in [-0.25, -0.2) is 9.79 Å². The van der Waals surface area contributed by atoms with Crippen molar-refractivity contribution in [2.24, 2.45) is 4.99 Å². The minimum atomic E-state index is -0.607. The molecule has 1 aliphatic heterocycles. The van der Waals surface area contributed by atoms with Crippen molar-refractivity contribution in [2.45, 2.75) is 13.8 Å². The lowest BCUT2D eigenvalue weighted by Crippen LogP contribution is -2.12. The number of hydrogen-bond donors (Lipinski definition) is 1. The average molecular weight is 551 g/mol. The van der Waals surface area contributed by atoms with Gasteiger partial charge >= 0.3 is 5.97 Å². The largest absolute Gasteiger partial charge is 0.506 e. The van der Waals surface area contributed by atoms with Gasteiger partial charge in [-0.1, -0.05) is 30.0 Å². The van der Waals surface area contributed by atoms with Crippen molar-refractivity contribution in [3.8, 4) is 11.5 Å². The minimum absolute atomic E-state index is 0.0644. The second kappa shape index (κ2) is 10.7. The number of esters is 1. The van der Waals surface area contributed by atoms with Gasteiger partial charge in [0.05, 0.1) is 34.5 Å². The molecular formula is C23H22INO5S. The highest BCUT2D eigenvalue weighted by Crippen LogP contribution is 2.41. The molecule has 0 bridgehead atoms. The Labute approximate surface area is 199 Å². The molecule has 2 aromatic carbocycles. The van der Waals surface area contributed by atoms with Crippen LogP contribution in [0.25, 0.3) is 6.08 Å². The fourth-order valence-electron chi connectivity index (χ4n) is 2.87. The van der Waals surface area contributed by atoms with E-state index >= 15 is 0 Å². The molecule has 0 atom stereocenters. The number of carbonyl (C=O) groups excluding carboxylic acids is 1. The highest BCUT2D eigenvalue weighted by Gasteiger charge is 2.33. The lowest BCUT2D eigenvalue weighted by atomic mass is 10.1. The number of aliphatic hydroxyl groups excluding tert-OH is 1. The van der Waals surface area contributed by atoms with E-state index in [0.717, 1.165) is 9.13 Å². The van der Waals surface area contributed by atoms with E-state index in [4.69, 9.17) is 14.2 Å². The lowest BCUT2D eigenvalue weighted by molar-refractivity contribution is -0.138. The predicted molar refractivity (Wildman–Crippen MR) is 132 cm³/mol. The minimum Gasteiger partial charge on any atom is -0.506 e. The lowest BCUT2D eigenvalue weighted by Gasteiger charge is -2.12. The molecule has 0 aromatic heterocycles. The number of halogens is 1. The van der Waals surface area contributed by atoms with Gasteiger partial charge in [0.25, 0.3) is 0 Å². The van der Waals surface area contributed by atoms with Gasteiger partial charge in [-0.05, 0) is 72.3 Å². The maximum absolute atomic E-state index is 12.5. The van der Waals surface area contributed by atoms with Crippen molar-refractivity contribution in [1.29, 1.82) is 0 Å². The second-order valence-electron chi connectivity index (χ2n) is 6.27. The standard InChI is InChI=1S/C23H22INO5S/c1-4-29-21-16(24)11-14(12-17(21)28-3)13-18-20(26)19(23(27)30-5-2)22(31-18)25-15-9-7-6-8-10-15/h6-13,26H,4-5H2,1-3H3/b18-13-,25-22?. The molecule has 3 rings (SSSR count). The number of para-hydroxylation sites is 1. The maximum Gasteiger partial charge on any atom is 0.344 e. The molecule has 31 heavy (non-hydrogen) atoms. The smallest absolute Gasteiger partial charge is 0.344 e. The summed E-state index contributed by atoms with van der Waals surface area (Å²) in [5.41, 5.74) is 1.54. The number of nitrogens with zero attached hydrogens (tertiary/aromatic N) is 1. The van der Waals surface area contributed by atoms with Crippen LogP contribution in [-0.4, -0.2) is 36.4 Å². The first-order valence-corrected chi connectivity index (χ1v) is 11.5. The highest BCUT2D eigenvalue weighted by molar-refractivity contribution is 14.1. The number of aliphatic imine (C=N–C) groups is 1. The Morgan fingerprint density at radius 2 is 1.94 bits per heavy atom. The summed E-state index contributed by atoms with van der Waals surface area (Å²) in [4.78, 5) is 17.6. The molecule has 0 saturated carbocycles. The van der Waals surface area contributed by atoms with Crippen LogP contribution in [0.1, 0.15) is 19.4 Å². The number of aliphatic hydroxyl groups is 1. The Balaban J connectivity index is 2.05. The zero-order valence-corrected chi connectivity index (χ0v) is 20.3. The molecular weight excluding hydrogens is 529 g/mol. The molecule has 1 heterocycles. The van der Waals surface area contributed by atoms with Crippen LogP contribution in [0.5, 0.6) is 11.5 Å². The van der Waals surface area contributed by atoms with Gasteiger partial charge in [-0.3, -0.25) is 0 Å². The average Bonchev–Trinajstić information content (AvgIpc) is 3.05. The Kier molecular flexibility index (Phi) is 8.03. The zero-order valence-electron chi connectivity index (χ0n) is 17.3. The molecule has 1 aliphatic rings. The van der Waals surface area contributed by atoms with Crippen LogP contribution in [0.3, 0.4) is 0 Å². The van der Waals surface area contributed by atoms with Gasteiger partial charge in [0.15, 0.2) is 11.5 Å². The summed E-state index contributed by atoms with van der Waals surface area (Å²) in [6, 6.07) is 13.0. The summed E-state index contributed by atoms with van der Waals surface area (Å²) in [6.45, 7) is 4.35. The maximum atomic E-state index is 12.5. The first-order valence-electron chi connectivity index (χ1n) is 9.63. The van der Waals surface area contributed by atoms with Gasteiger partial charge in [0, 0.05) is 0 Å². The summed E-state index contributed by atoms with van der Waals surface area (Å²) in [5.74, 6) is 0.506. The zero-order chi connectivity index (χ0) is 22.4. The number of thioether (sulfide) groups is 1. The van der Waals surface area contributed by atoms with E-state index in [-0.39, 0.29) is 17.9 Å². The van der Waals surface area contributed by atoms with Crippen molar-refractivity contribution in [3.05, 3.63) is 67.8 Å². The van der Waals surface area contributed by atoms with Crippen LogP contribution in [0.2, 0.25) is 0 Å². The number of hydrogen-bond acceptors (Lipinski definition) is 7. The molecule has 0 aliphatic carbocycles. The summed E-state index contributed by atoms with van der Waals surface area (Å²) in [7, 11) is 1.58. The van der Waals surface area contributed by atoms with E-state index in [1.807, 2.05) is 49.4 Å². The van der Waals surface area contributed by atoms with Crippen LogP contribution in [0.15, 0.2) is 63.7 Å². The van der Waals surface area contributed by atoms with Crippen LogP contribution in [-0.2, 0) is 9.53 Å². The van der Waals surface area contributed by atoms with E-state index < -0.39 is 5.97 Å². The Morgan fingerprint density at radius 1 is 1.19 bits per heavy atom. The fourth-order valence-corrected chi connectivity index (χ4v) is 4.69. The highest BCUT2D eigenvalue weighted by atomic mass is 127. The van der Waals surface area contributed by atoms with Crippen molar-refractivity contribution >= 4 is 57.1 Å². The molecule has 0 spiro atoms. The summed E-state index contributed by atoms with van der Waals surface area (Å²) in [6.07, 6.45) is 1.78. The van der Waals surface area contributed by atoms with E-state index in [0.29, 0.717) is 33.7 Å². The Morgan fingerprint density at radius 3 is 2.58 bits per heavy atom. The molecule has 6 nitrogen and oxygen atoms in total. The van der Waals surface area contributed by atoms with Crippen LogP contribution >= 0.6 is 34.4 Å². The van der Waals surface area contributed by atoms with Gasteiger partial charge in [-0.15, -0.1) is 0 Å². The number of rotatable bonds is 7. The quantitative estimate of drug-likeness (QED) is 0.342. The predicted octanol–water partition coefficient (Wildman–Crippen LogP) is 5.89. The Bertz CT molecular complexity index is 1060. The third-order valence-corrected chi connectivity index (χ3v) is 6.02. The molecule has 0 radical (unpaired) electrons. The molecule has 162 valence electrons. The van der Waals surface area contributed by atoms with E-state index in [1.54, 1.807) is 20.1 Å². The van der Waals surface area contributed by atoms with Crippen molar-refractivity contribution in [1.82, 2.24) is 0 Å². The van der Waals surface area contributed by atoms with Crippen LogP contribution in [0, 0.1) is 3.57 Å². The van der Waals surface area contributed by atoms with Gasteiger partial charge < -0.3 is 19.3 Å². The van der Waals surface area contributed by atoms with Gasteiger partial charge in [0.1, 0.15) is 16.4 Å². The third-order valence-electron chi connectivity index (χ3n) is 4.20. The SMILES string of the molecule is CCOC(=O)C1=C(O)/C(=C/c2cc(I)c(OCC)c(OC)c2)SC1=Nc1ccccc1. The molecule has 8 heteroatoms. The molecule has 2 aromatic rings. The molecule has 1 N–H and O–H groups in total. The fraction of sp³-hybridized carbons (Fsp3) is 0.217. The van der Waals surface area contributed by atoms with E-state index in [1.165, 1.54) is 11.8 Å². The second-order valence-corrected chi connectivity index (χ2v) is 8.47. The first kappa shape index (κ1) is 23.2. The molecule has 0 unspecified atom stereocenters. The van der Waals surface area contributed by atoms with Crippen LogP contribution in [0.4, 0.5) is 5.69 Å². The topological polar surface area (TPSA) is 77.4 Å². The van der Waals surface area contributed by atoms with Gasteiger partial charge in [-0.2, -0.15) is 0 Å². The normalized spacial score (nSPS) is 16.1. The summed E-state index contributed by atoms with van der Waals surface area (Å²) >= 11 is 3.40. The van der Waals surface area contributed by atoms with E-state index in [2.05, 4.69) is 27.6 Å². The first-order chi connectivity index (χ1) is 15.0. The van der Waals surface area contributed by atoms with E-state index in [9.17, 15) is 9.90 Å². The van der Waals surface area contributed by atoms with Gasteiger partial charge in [0.2, 0.25) is 0 Å². The molecule has 0 amide bonds. The monoisotopic (exact) mass is 551 g/mol. The molecule has 0 fully saturated rings. The third kappa shape index (κ3) is 5.43. The van der Waals surface area contributed by atoms with Crippen molar-refractivity contribution in [3.63, 3.8) is 0 Å². The number of methoxy groups -OCH3 is 1. The van der Waals surface area contributed by atoms with Crippen molar-refractivity contribution in [2.75, 3.05) is 20.3 Å². The van der Waals surface area contributed by atoms with Crippen molar-refractivity contribution < 1.29 is 24.1 Å². The number of carbonyl (C=O) groups is 1. The summed E-state index contributed by atoms with van der Waals surface area (Å²) < 4.78 is 17.2. The molecule has 0 saturated heterocycles. The summed E-state index contributed by atoms with van der Waals surface area (Å²) in [5, 5.41) is 11.2. The number of ether oxygens (including phenoxy) is 3. The van der Waals surface area contributed by atoms with Crippen LogP contribution < -0.4 is 9.47 Å².